The molecule has 8 nitrogen and oxygen atoms in total. The molecule has 1 heterocycles. The SMILES string of the molecule is CC(C)=CCOC(=O)/C=C\C(C(=O)OCC=C(C)C)c1csc(NC(=O)OCc2ccccc2)n1. The molecule has 2 aromatic rings. The number of carbonyl (C=O) groups is 3. The number of ether oxygens (including phenoxy) is 3. The molecule has 0 aliphatic rings. The van der Waals surface area contributed by atoms with Gasteiger partial charge in [0.25, 0.3) is 0 Å². The first kappa shape index (κ1) is 27.5. The van der Waals surface area contributed by atoms with Crippen molar-refractivity contribution in [1.82, 2.24) is 4.98 Å². The number of hydrogen-bond donors (Lipinski definition) is 1. The molecule has 0 saturated carbocycles. The number of nitrogens with zero attached hydrogens (tertiary/aromatic N) is 1. The van der Waals surface area contributed by atoms with Crippen LogP contribution in [-0.2, 0) is 30.4 Å². The highest BCUT2D eigenvalue weighted by atomic mass is 32.1. The molecule has 0 bridgehead atoms. The van der Waals surface area contributed by atoms with Gasteiger partial charge in [-0.2, -0.15) is 0 Å². The predicted molar refractivity (Wildman–Crippen MR) is 135 cm³/mol. The molecule has 9 heteroatoms. The van der Waals surface area contributed by atoms with Gasteiger partial charge in [0.15, 0.2) is 5.13 Å². The zero-order valence-electron chi connectivity index (χ0n) is 20.3. The van der Waals surface area contributed by atoms with E-state index in [1.54, 1.807) is 17.5 Å². The average Bonchev–Trinajstić information content (AvgIpc) is 3.26. The summed E-state index contributed by atoms with van der Waals surface area (Å²) in [7, 11) is 0. The van der Waals surface area contributed by atoms with E-state index in [-0.39, 0.29) is 25.0 Å². The Morgan fingerprint density at radius 3 is 2.29 bits per heavy atom. The maximum Gasteiger partial charge on any atom is 0.413 e. The fourth-order valence-electron chi connectivity index (χ4n) is 2.52. The first-order valence-electron chi connectivity index (χ1n) is 11.0. The third-order valence-electron chi connectivity index (χ3n) is 4.38. The molecule has 2 rings (SSSR count). The largest absolute Gasteiger partial charge is 0.461 e. The minimum absolute atomic E-state index is 0.0948. The van der Waals surface area contributed by atoms with Gasteiger partial charge in [-0.1, -0.05) is 47.6 Å². The van der Waals surface area contributed by atoms with Crippen molar-refractivity contribution in [2.75, 3.05) is 18.5 Å². The van der Waals surface area contributed by atoms with Gasteiger partial charge < -0.3 is 14.2 Å². The van der Waals surface area contributed by atoms with E-state index in [1.165, 1.54) is 12.2 Å². The van der Waals surface area contributed by atoms with Crippen LogP contribution in [-0.4, -0.2) is 36.2 Å². The summed E-state index contributed by atoms with van der Waals surface area (Å²) in [5.74, 6) is -2.13. The van der Waals surface area contributed by atoms with Crippen molar-refractivity contribution in [1.29, 1.82) is 0 Å². The smallest absolute Gasteiger partial charge is 0.413 e. The van der Waals surface area contributed by atoms with Crippen LogP contribution in [0.3, 0.4) is 0 Å². The van der Waals surface area contributed by atoms with E-state index in [0.29, 0.717) is 5.69 Å². The Kier molecular flexibility index (Phi) is 11.4. The Morgan fingerprint density at radius 1 is 0.971 bits per heavy atom. The van der Waals surface area contributed by atoms with Gasteiger partial charge in [0, 0.05) is 11.5 Å². The van der Waals surface area contributed by atoms with Crippen molar-refractivity contribution in [2.45, 2.75) is 40.2 Å². The van der Waals surface area contributed by atoms with Crippen molar-refractivity contribution in [3.8, 4) is 0 Å². The van der Waals surface area contributed by atoms with E-state index in [4.69, 9.17) is 14.2 Å². The van der Waals surface area contributed by atoms with E-state index < -0.39 is 23.9 Å². The van der Waals surface area contributed by atoms with Gasteiger partial charge in [0.05, 0.1) is 5.69 Å². The number of carbonyl (C=O) groups excluding carboxylic acids is 3. The number of rotatable bonds is 11. The monoisotopic (exact) mass is 498 g/mol. The Morgan fingerprint density at radius 2 is 1.63 bits per heavy atom. The second-order valence-corrected chi connectivity index (χ2v) is 8.78. The number of hydrogen-bond acceptors (Lipinski definition) is 8. The molecule has 0 aliphatic heterocycles. The van der Waals surface area contributed by atoms with Crippen molar-refractivity contribution in [2.24, 2.45) is 0 Å². The minimum atomic E-state index is -0.955. The molecule has 0 spiro atoms. The minimum Gasteiger partial charge on any atom is -0.461 e. The molecule has 0 radical (unpaired) electrons. The lowest BCUT2D eigenvalue weighted by molar-refractivity contribution is -0.143. The molecule has 186 valence electrons. The van der Waals surface area contributed by atoms with Crippen molar-refractivity contribution < 1.29 is 28.6 Å². The topological polar surface area (TPSA) is 104 Å². The van der Waals surface area contributed by atoms with Crippen LogP contribution in [0.4, 0.5) is 9.93 Å². The van der Waals surface area contributed by atoms with Crippen LogP contribution >= 0.6 is 11.3 Å². The molecule has 1 N–H and O–H groups in total. The van der Waals surface area contributed by atoms with Crippen LogP contribution in [0.2, 0.25) is 0 Å². The summed E-state index contributed by atoms with van der Waals surface area (Å²) in [6.07, 6.45) is 5.42. The van der Waals surface area contributed by atoms with Crippen LogP contribution in [0.15, 0.2) is 71.2 Å². The van der Waals surface area contributed by atoms with E-state index in [2.05, 4.69) is 10.3 Å². The average molecular weight is 499 g/mol. The van der Waals surface area contributed by atoms with Crippen LogP contribution in [0.5, 0.6) is 0 Å². The predicted octanol–water partition coefficient (Wildman–Crippen LogP) is 5.55. The zero-order chi connectivity index (χ0) is 25.6. The van der Waals surface area contributed by atoms with Gasteiger partial charge in [-0.3, -0.25) is 10.1 Å². The highest BCUT2D eigenvalue weighted by Gasteiger charge is 2.23. The lowest BCUT2D eigenvalue weighted by Crippen LogP contribution is -2.16. The molecule has 1 unspecified atom stereocenters. The van der Waals surface area contributed by atoms with Crippen LogP contribution in [0.1, 0.15) is 44.9 Å². The molecular weight excluding hydrogens is 468 g/mol. The summed E-state index contributed by atoms with van der Waals surface area (Å²) >= 11 is 1.12. The highest BCUT2D eigenvalue weighted by Crippen LogP contribution is 2.25. The summed E-state index contributed by atoms with van der Waals surface area (Å²) in [6, 6.07) is 9.27. The van der Waals surface area contributed by atoms with Crippen molar-refractivity contribution in [3.63, 3.8) is 0 Å². The van der Waals surface area contributed by atoms with E-state index in [9.17, 15) is 14.4 Å². The lowest BCUT2D eigenvalue weighted by Gasteiger charge is -2.10. The highest BCUT2D eigenvalue weighted by molar-refractivity contribution is 7.13. The molecular formula is C26H30N2O6S. The van der Waals surface area contributed by atoms with Gasteiger partial charge in [-0.25, -0.2) is 14.6 Å². The summed E-state index contributed by atoms with van der Waals surface area (Å²) < 4.78 is 15.6. The number of nitrogens with one attached hydrogen (secondary N) is 1. The Hall–Kier alpha value is -3.72. The second kappa shape index (κ2) is 14.5. The van der Waals surface area contributed by atoms with Crippen LogP contribution < -0.4 is 5.32 Å². The Balaban J connectivity index is 2.06. The summed E-state index contributed by atoms with van der Waals surface area (Å²) in [4.78, 5) is 41.2. The van der Waals surface area contributed by atoms with Gasteiger partial charge >= 0.3 is 18.0 Å². The first-order valence-corrected chi connectivity index (χ1v) is 11.8. The quantitative estimate of drug-likeness (QED) is 0.187. The van der Waals surface area contributed by atoms with Crippen molar-refractivity contribution in [3.05, 3.63) is 82.4 Å². The first-order chi connectivity index (χ1) is 16.7. The zero-order valence-corrected chi connectivity index (χ0v) is 21.1. The number of amides is 1. The van der Waals surface area contributed by atoms with Gasteiger partial charge in [-0.05, 0) is 45.4 Å². The molecule has 0 saturated heterocycles. The van der Waals surface area contributed by atoms with E-state index in [1.807, 2.05) is 58.0 Å². The molecule has 1 amide bonds. The molecule has 1 aromatic heterocycles. The number of aromatic nitrogens is 1. The summed E-state index contributed by atoms with van der Waals surface area (Å²) in [5, 5.41) is 4.41. The maximum absolute atomic E-state index is 12.7. The molecule has 0 aliphatic carbocycles. The fraction of sp³-hybridized carbons (Fsp3) is 0.308. The summed E-state index contributed by atoms with van der Waals surface area (Å²) in [5.41, 5.74) is 3.20. The number of anilines is 1. The Bertz CT molecular complexity index is 1080. The van der Waals surface area contributed by atoms with E-state index >= 15 is 0 Å². The maximum atomic E-state index is 12.7. The lowest BCUT2D eigenvalue weighted by atomic mass is 10.1. The summed E-state index contributed by atoms with van der Waals surface area (Å²) in [6.45, 7) is 7.92. The molecule has 1 aromatic carbocycles. The van der Waals surface area contributed by atoms with Gasteiger partial charge in [0.2, 0.25) is 0 Å². The van der Waals surface area contributed by atoms with Gasteiger partial charge in [-0.15, -0.1) is 11.3 Å². The third-order valence-corrected chi connectivity index (χ3v) is 5.15. The fourth-order valence-corrected chi connectivity index (χ4v) is 3.26. The Labute approximate surface area is 209 Å². The molecule has 35 heavy (non-hydrogen) atoms. The van der Waals surface area contributed by atoms with Crippen LogP contribution in [0, 0.1) is 0 Å². The molecule has 1 atom stereocenters. The van der Waals surface area contributed by atoms with Crippen LogP contribution in [0.25, 0.3) is 0 Å². The number of benzene rings is 1. The number of allylic oxidation sites excluding steroid dienone is 2. The number of esters is 2. The standard InChI is InChI=1S/C26H30N2O6S/c1-18(2)12-14-32-23(29)11-10-21(24(30)33-15-13-19(3)4)22-17-35-25(27-22)28-26(31)34-16-20-8-6-5-7-9-20/h5-13,17,21H,14-16H2,1-4H3,(H,27,28,31)/b11-10-. The normalized spacial score (nSPS) is 11.3. The van der Waals surface area contributed by atoms with Crippen molar-refractivity contribution >= 4 is 34.5 Å². The number of thiazole rings is 1. The third kappa shape index (κ3) is 10.8. The second-order valence-electron chi connectivity index (χ2n) is 7.92. The van der Waals surface area contributed by atoms with E-state index in [0.717, 1.165) is 28.0 Å². The van der Waals surface area contributed by atoms with Gasteiger partial charge in [0.1, 0.15) is 25.7 Å². The molecule has 0 fully saturated rings.